The van der Waals surface area contributed by atoms with Gasteiger partial charge in [0.25, 0.3) is 5.97 Å². The van der Waals surface area contributed by atoms with Crippen molar-refractivity contribution in [2.75, 3.05) is 6.61 Å². The summed E-state index contributed by atoms with van der Waals surface area (Å²) >= 11 is 0. The van der Waals surface area contributed by atoms with Gasteiger partial charge in [0.2, 0.25) is 0 Å². The maximum atomic E-state index is 5.54. The molecule has 13 heavy (non-hydrogen) atoms. The van der Waals surface area contributed by atoms with E-state index in [0.29, 0.717) is 6.61 Å². The van der Waals surface area contributed by atoms with Gasteiger partial charge in [-0.2, -0.15) is 0 Å². The zero-order valence-electron chi connectivity index (χ0n) is 9.59. The fourth-order valence-electron chi connectivity index (χ4n) is 1.21. The fraction of sp³-hybridized carbons (Fsp3) is 1.00. The predicted molar refractivity (Wildman–Crippen MR) is 52.5 cm³/mol. The molecule has 0 aliphatic rings. The van der Waals surface area contributed by atoms with Crippen molar-refractivity contribution in [3.8, 4) is 0 Å². The summed E-state index contributed by atoms with van der Waals surface area (Å²) in [7, 11) is 0. The molecule has 80 valence electrons. The zero-order valence-corrected chi connectivity index (χ0v) is 9.59. The van der Waals surface area contributed by atoms with Crippen molar-refractivity contribution in [1.82, 2.24) is 0 Å². The first-order valence-electron chi connectivity index (χ1n) is 4.89. The van der Waals surface area contributed by atoms with Gasteiger partial charge in [-0.15, -0.1) is 0 Å². The van der Waals surface area contributed by atoms with E-state index in [0.717, 1.165) is 0 Å². The van der Waals surface area contributed by atoms with Crippen molar-refractivity contribution < 1.29 is 14.2 Å². The molecule has 0 spiro atoms. The second kappa shape index (κ2) is 5.58. The molecule has 0 saturated heterocycles. The molecule has 0 rings (SSSR count). The van der Waals surface area contributed by atoms with Crippen LogP contribution in [-0.2, 0) is 14.2 Å². The molecule has 0 aromatic carbocycles. The lowest BCUT2D eigenvalue weighted by atomic mass is 10.4. The average molecular weight is 190 g/mol. The van der Waals surface area contributed by atoms with Gasteiger partial charge in [0, 0.05) is 13.5 Å². The molecule has 3 heteroatoms. The molecule has 0 fully saturated rings. The molecule has 0 aliphatic carbocycles. The molecule has 0 unspecified atom stereocenters. The summed E-state index contributed by atoms with van der Waals surface area (Å²) < 4.78 is 16.5. The Balaban J connectivity index is 4.15. The van der Waals surface area contributed by atoms with Gasteiger partial charge < -0.3 is 14.2 Å². The smallest absolute Gasteiger partial charge is 0.280 e. The van der Waals surface area contributed by atoms with E-state index in [4.69, 9.17) is 14.2 Å². The number of hydrogen-bond donors (Lipinski definition) is 0. The van der Waals surface area contributed by atoms with Crippen LogP contribution in [0.5, 0.6) is 0 Å². The van der Waals surface area contributed by atoms with Crippen molar-refractivity contribution in [1.29, 1.82) is 0 Å². The summed E-state index contributed by atoms with van der Waals surface area (Å²) in [5.41, 5.74) is 0. The lowest BCUT2D eigenvalue weighted by Gasteiger charge is -2.32. The largest absolute Gasteiger partial charge is 0.328 e. The number of hydrogen-bond acceptors (Lipinski definition) is 3. The minimum Gasteiger partial charge on any atom is -0.328 e. The highest BCUT2D eigenvalue weighted by molar-refractivity contribution is 4.53. The van der Waals surface area contributed by atoms with Gasteiger partial charge in [0.1, 0.15) is 0 Å². The molecule has 0 amide bonds. The van der Waals surface area contributed by atoms with E-state index in [9.17, 15) is 0 Å². The quantitative estimate of drug-likeness (QED) is 0.602. The van der Waals surface area contributed by atoms with Crippen LogP contribution in [0.1, 0.15) is 41.5 Å². The summed E-state index contributed by atoms with van der Waals surface area (Å²) in [5, 5.41) is 0. The van der Waals surface area contributed by atoms with Crippen molar-refractivity contribution >= 4 is 0 Å². The van der Waals surface area contributed by atoms with E-state index < -0.39 is 5.97 Å². The van der Waals surface area contributed by atoms with E-state index in [1.807, 2.05) is 34.6 Å². The molecule has 0 aromatic rings. The number of ether oxygens (including phenoxy) is 3. The zero-order chi connectivity index (χ0) is 10.5. The van der Waals surface area contributed by atoms with E-state index in [1.54, 1.807) is 6.92 Å². The maximum Gasteiger partial charge on any atom is 0.280 e. The second-order valence-corrected chi connectivity index (χ2v) is 3.63. The van der Waals surface area contributed by atoms with Gasteiger partial charge in [-0.3, -0.25) is 0 Å². The summed E-state index contributed by atoms with van der Waals surface area (Å²) in [6.07, 6.45) is 0.186. The first-order valence-corrected chi connectivity index (χ1v) is 4.89. The van der Waals surface area contributed by atoms with E-state index in [2.05, 4.69) is 0 Å². The third-order valence-corrected chi connectivity index (χ3v) is 1.31. The Hall–Kier alpha value is -0.120. The number of rotatable bonds is 6. The van der Waals surface area contributed by atoms with Crippen molar-refractivity contribution in [2.24, 2.45) is 0 Å². The Morgan fingerprint density at radius 1 is 1.00 bits per heavy atom. The lowest BCUT2D eigenvalue weighted by Crippen LogP contribution is -2.40. The van der Waals surface area contributed by atoms with Crippen LogP contribution < -0.4 is 0 Å². The van der Waals surface area contributed by atoms with E-state index in [-0.39, 0.29) is 12.2 Å². The monoisotopic (exact) mass is 190 g/mol. The van der Waals surface area contributed by atoms with Gasteiger partial charge in [0.05, 0.1) is 12.2 Å². The van der Waals surface area contributed by atoms with Crippen LogP contribution in [0.15, 0.2) is 0 Å². The fourth-order valence-corrected chi connectivity index (χ4v) is 1.21. The Kier molecular flexibility index (Phi) is 5.53. The highest BCUT2D eigenvalue weighted by atomic mass is 16.9. The van der Waals surface area contributed by atoms with E-state index >= 15 is 0 Å². The summed E-state index contributed by atoms with van der Waals surface area (Å²) in [4.78, 5) is 0. The van der Waals surface area contributed by atoms with Crippen LogP contribution in [0.3, 0.4) is 0 Å². The molecule has 0 saturated carbocycles. The maximum absolute atomic E-state index is 5.54. The standard InChI is InChI=1S/C10H22O3/c1-7-11-10(6,12-8(2)3)13-9(4)5/h8-9H,7H2,1-6H3. The Morgan fingerprint density at radius 2 is 1.38 bits per heavy atom. The molecule has 0 aromatic heterocycles. The summed E-state index contributed by atoms with van der Waals surface area (Å²) in [5.74, 6) is -0.906. The van der Waals surface area contributed by atoms with Gasteiger partial charge >= 0.3 is 0 Å². The molecule has 0 aliphatic heterocycles. The van der Waals surface area contributed by atoms with Gasteiger partial charge in [-0.1, -0.05) is 0 Å². The van der Waals surface area contributed by atoms with Crippen LogP contribution >= 0.6 is 0 Å². The summed E-state index contributed by atoms with van der Waals surface area (Å²) in [6.45, 7) is 12.1. The van der Waals surface area contributed by atoms with Gasteiger partial charge in [-0.05, 0) is 34.6 Å². The first kappa shape index (κ1) is 12.9. The molecule has 3 nitrogen and oxygen atoms in total. The molecular formula is C10H22O3. The highest BCUT2D eigenvalue weighted by Gasteiger charge is 2.29. The van der Waals surface area contributed by atoms with Crippen molar-refractivity contribution in [3.63, 3.8) is 0 Å². The molecule has 0 radical (unpaired) electrons. The van der Waals surface area contributed by atoms with Gasteiger partial charge in [-0.25, -0.2) is 0 Å². The Labute approximate surface area is 81.4 Å². The van der Waals surface area contributed by atoms with E-state index in [1.165, 1.54) is 0 Å². The Morgan fingerprint density at radius 3 is 1.62 bits per heavy atom. The molecule has 0 heterocycles. The van der Waals surface area contributed by atoms with Crippen LogP contribution in [-0.4, -0.2) is 24.8 Å². The first-order chi connectivity index (χ1) is 5.89. The minimum absolute atomic E-state index is 0.0929. The normalized spacial score (nSPS) is 12.9. The molecular weight excluding hydrogens is 168 g/mol. The third kappa shape index (κ3) is 6.02. The van der Waals surface area contributed by atoms with Crippen molar-refractivity contribution in [2.45, 2.75) is 59.7 Å². The average Bonchev–Trinajstić information content (AvgIpc) is 1.81. The van der Waals surface area contributed by atoms with Crippen molar-refractivity contribution in [3.05, 3.63) is 0 Å². The highest BCUT2D eigenvalue weighted by Crippen LogP contribution is 2.18. The molecule has 0 atom stereocenters. The lowest BCUT2D eigenvalue weighted by molar-refractivity contribution is -0.388. The third-order valence-electron chi connectivity index (χ3n) is 1.31. The van der Waals surface area contributed by atoms with Crippen LogP contribution in [0.25, 0.3) is 0 Å². The predicted octanol–water partition coefficient (Wildman–Crippen LogP) is 2.55. The molecule has 0 bridgehead atoms. The van der Waals surface area contributed by atoms with Crippen LogP contribution in [0.4, 0.5) is 0 Å². The second-order valence-electron chi connectivity index (χ2n) is 3.63. The SMILES string of the molecule is CCOC(C)(OC(C)C)OC(C)C. The van der Waals surface area contributed by atoms with Crippen LogP contribution in [0.2, 0.25) is 0 Å². The topological polar surface area (TPSA) is 27.7 Å². The van der Waals surface area contributed by atoms with Gasteiger partial charge in [0.15, 0.2) is 0 Å². The Bertz CT molecular complexity index is 122. The molecule has 0 N–H and O–H groups in total. The summed E-state index contributed by atoms with van der Waals surface area (Å²) in [6, 6.07) is 0. The minimum atomic E-state index is -0.906. The van der Waals surface area contributed by atoms with Crippen LogP contribution in [0, 0.1) is 0 Å².